The lowest BCUT2D eigenvalue weighted by molar-refractivity contribution is 0.129. The number of likely N-dealkylation sites (N-methyl/N-ethyl adjacent to an activating group) is 1. The lowest BCUT2D eigenvalue weighted by Crippen LogP contribution is -2.47. The van der Waals surface area contributed by atoms with E-state index in [1.807, 2.05) is 24.3 Å². The van der Waals surface area contributed by atoms with E-state index in [1.54, 1.807) is 0 Å². The normalized spacial score (nSPS) is 14.6. The van der Waals surface area contributed by atoms with Gasteiger partial charge in [0, 0.05) is 76.2 Å². The highest BCUT2D eigenvalue weighted by molar-refractivity contribution is 5.91. The largest absolute Gasteiger partial charge is 0.507 e. The predicted octanol–water partition coefficient (Wildman–Crippen LogP) is 4.13. The molecule has 0 spiro atoms. The van der Waals surface area contributed by atoms with E-state index in [9.17, 15) is 15.0 Å². The van der Waals surface area contributed by atoms with E-state index in [-0.39, 0.29) is 28.2 Å². The fourth-order valence-electron chi connectivity index (χ4n) is 4.93. The molecule has 4 aromatic rings. The van der Waals surface area contributed by atoms with Gasteiger partial charge in [0.2, 0.25) is 5.75 Å². The number of fused-ring (bicyclic) bond motifs is 1. The molecule has 0 unspecified atom stereocenters. The first kappa shape index (κ1) is 25.6. The highest BCUT2D eigenvalue weighted by atomic mass is 16.5. The Morgan fingerprint density at radius 2 is 1.61 bits per heavy atom. The first-order valence-electron chi connectivity index (χ1n) is 12.8. The smallest absolute Gasteiger partial charge is 0.204 e. The Morgan fingerprint density at radius 1 is 0.921 bits per heavy atom. The molecule has 0 atom stereocenters. The van der Waals surface area contributed by atoms with E-state index in [2.05, 4.69) is 52.1 Å². The lowest BCUT2D eigenvalue weighted by Gasteiger charge is -2.35. The second-order valence-electron chi connectivity index (χ2n) is 9.70. The van der Waals surface area contributed by atoms with Gasteiger partial charge in [-0.15, -0.1) is 0 Å². The minimum atomic E-state index is -0.415. The van der Waals surface area contributed by atoms with Crippen molar-refractivity contribution in [3.63, 3.8) is 0 Å². The van der Waals surface area contributed by atoms with Gasteiger partial charge < -0.3 is 24.3 Å². The van der Waals surface area contributed by atoms with E-state index in [0.717, 1.165) is 57.6 Å². The Labute approximate surface area is 221 Å². The number of ether oxygens (including phenoxy) is 1. The number of phenols is 2. The van der Waals surface area contributed by atoms with Crippen molar-refractivity contribution in [3.05, 3.63) is 82.5 Å². The molecule has 2 heterocycles. The fraction of sp³-hybridized carbons (Fsp3) is 0.300. The van der Waals surface area contributed by atoms with Crippen molar-refractivity contribution in [1.82, 2.24) is 9.80 Å². The molecular formula is C30H33N3O5. The first-order chi connectivity index (χ1) is 18.4. The Bertz CT molecular complexity index is 1450. The molecule has 0 saturated carbocycles. The third-order valence-corrected chi connectivity index (χ3v) is 7.18. The highest BCUT2D eigenvalue weighted by Crippen LogP contribution is 2.40. The molecule has 38 heavy (non-hydrogen) atoms. The molecule has 198 valence electrons. The molecule has 2 N–H and O–H groups in total. The zero-order chi connectivity index (χ0) is 26.6. The van der Waals surface area contributed by atoms with E-state index >= 15 is 0 Å². The van der Waals surface area contributed by atoms with Crippen LogP contribution in [0.4, 0.5) is 5.69 Å². The Morgan fingerprint density at radius 3 is 2.29 bits per heavy atom. The number of hydrogen-bond donors (Lipinski definition) is 2. The summed E-state index contributed by atoms with van der Waals surface area (Å²) >= 11 is 0. The average Bonchev–Trinajstić information content (AvgIpc) is 2.93. The van der Waals surface area contributed by atoms with Crippen molar-refractivity contribution in [1.29, 1.82) is 0 Å². The monoisotopic (exact) mass is 515 g/mol. The molecule has 1 aliphatic heterocycles. The van der Waals surface area contributed by atoms with Gasteiger partial charge in [-0.2, -0.15) is 0 Å². The van der Waals surface area contributed by atoms with Crippen LogP contribution < -0.4 is 15.1 Å². The summed E-state index contributed by atoms with van der Waals surface area (Å²) in [4.78, 5) is 20.0. The molecule has 1 aliphatic rings. The topological polar surface area (TPSA) is 89.6 Å². The zero-order valence-electron chi connectivity index (χ0n) is 21.8. The minimum Gasteiger partial charge on any atom is -0.507 e. The van der Waals surface area contributed by atoms with Crippen LogP contribution in [-0.4, -0.2) is 73.4 Å². The Kier molecular flexibility index (Phi) is 7.53. The standard InChI is InChI=1S/C30H33N3O5/c1-31(12-13-32-14-16-33(17-15-32)20-21-6-4-3-5-7-21)23-10-8-22(9-11-23)27-19-25(35)28-24(34)18-26(36)29(37-2)30(28)38-27/h3-11,18-19,34,36H,12-17,20H2,1-2H3. The number of aromatic hydroxyl groups is 2. The highest BCUT2D eigenvalue weighted by Gasteiger charge is 2.20. The van der Waals surface area contributed by atoms with Crippen molar-refractivity contribution in [2.75, 3.05) is 58.3 Å². The number of anilines is 1. The molecule has 0 bridgehead atoms. The van der Waals surface area contributed by atoms with Crippen LogP contribution in [0.25, 0.3) is 22.3 Å². The molecular weight excluding hydrogens is 482 g/mol. The van der Waals surface area contributed by atoms with E-state index in [1.165, 1.54) is 18.7 Å². The summed E-state index contributed by atoms with van der Waals surface area (Å²) in [5.74, 6) is -0.317. The van der Waals surface area contributed by atoms with Crippen LogP contribution in [-0.2, 0) is 6.54 Å². The number of hydrogen-bond acceptors (Lipinski definition) is 8. The third-order valence-electron chi connectivity index (χ3n) is 7.18. The minimum absolute atomic E-state index is 0.00834. The number of phenolic OH excluding ortho intramolecular Hbond substituents is 2. The van der Waals surface area contributed by atoms with Crippen LogP contribution in [0.15, 0.2) is 75.9 Å². The summed E-state index contributed by atoms with van der Waals surface area (Å²) in [6, 6.07) is 20.8. The van der Waals surface area contributed by atoms with Gasteiger partial charge in [-0.25, -0.2) is 0 Å². The SMILES string of the molecule is COc1c(O)cc(O)c2c(=O)cc(-c3ccc(N(C)CCN4CCN(Cc5ccccc5)CC4)cc3)oc12. The maximum atomic E-state index is 12.7. The van der Waals surface area contributed by atoms with Crippen molar-refractivity contribution >= 4 is 16.7 Å². The summed E-state index contributed by atoms with van der Waals surface area (Å²) < 4.78 is 11.1. The lowest BCUT2D eigenvalue weighted by atomic mass is 10.1. The van der Waals surface area contributed by atoms with Crippen LogP contribution in [0.2, 0.25) is 0 Å². The van der Waals surface area contributed by atoms with Gasteiger partial charge in [-0.05, 0) is 29.8 Å². The first-order valence-corrected chi connectivity index (χ1v) is 12.8. The molecule has 3 aromatic carbocycles. The number of nitrogens with zero attached hydrogens (tertiary/aromatic N) is 3. The van der Waals surface area contributed by atoms with Crippen molar-refractivity contribution in [3.8, 4) is 28.6 Å². The summed E-state index contributed by atoms with van der Waals surface area (Å²) in [5.41, 5.74) is 2.73. The van der Waals surface area contributed by atoms with Crippen molar-refractivity contribution < 1.29 is 19.4 Å². The predicted molar refractivity (Wildman–Crippen MR) is 149 cm³/mol. The number of methoxy groups -OCH3 is 1. The summed E-state index contributed by atoms with van der Waals surface area (Å²) in [5, 5.41) is 20.2. The quantitative estimate of drug-likeness (QED) is 0.362. The summed E-state index contributed by atoms with van der Waals surface area (Å²) in [6.07, 6.45) is 0. The molecule has 1 aromatic heterocycles. The third kappa shape index (κ3) is 5.46. The Hall–Kier alpha value is -4.01. The van der Waals surface area contributed by atoms with E-state index < -0.39 is 5.43 Å². The molecule has 0 amide bonds. The van der Waals surface area contributed by atoms with Gasteiger partial charge in [0.05, 0.1) is 7.11 Å². The zero-order valence-corrected chi connectivity index (χ0v) is 21.8. The van der Waals surface area contributed by atoms with Gasteiger partial charge in [0.15, 0.2) is 16.8 Å². The van der Waals surface area contributed by atoms with Crippen LogP contribution in [0.3, 0.4) is 0 Å². The molecule has 1 fully saturated rings. The second kappa shape index (κ2) is 11.2. The molecule has 8 heteroatoms. The molecule has 5 rings (SSSR count). The van der Waals surface area contributed by atoms with Crippen LogP contribution in [0.1, 0.15) is 5.56 Å². The maximum Gasteiger partial charge on any atom is 0.204 e. The number of rotatable bonds is 8. The van der Waals surface area contributed by atoms with Crippen LogP contribution in [0, 0.1) is 0 Å². The van der Waals surface area contributed by atoms with E-state index in [4.69, 9.17) is 9.15 Å². The second-order valence-corrected chi connectivity index (χ2v) is 9.70. The van der Waals surface area contributed by atoms with Gasteiger partial charge in [-0.1, -0.05) is 30.3 Å². The van der Waals surface area contributed by atoms with Crippen LogP contribution >= 0.6 is 0 Å². The fourth-order valence-corrected chi connectivity index (χ4v) is 4.93. The Balaban J connectivity index is 1.20. The van der Waals surface area contributed by atoms with Gasteiger partial charge in [-0.3, -0.25) is 14.6 Å². The molecule has 1 saturated heterocycles. The van der Waals surface area contributed by atoms with Gasteiger partial charge in [0.1, 0.15) is 16.9 Å². The number of benzene rings is 3. The molecule has 0 radical (unpaired) electrons. The van der Waals surface area contributed by atoms with Crippen molar-refractivity contribution in [2.45, 2.75) is 6.54 Å². The van der Waals surface area contributed by atoms with Gasteiger partial charge in [0.25, 0.3) is 0 Å². The molecule has 0 aliphatic carbocycles. The van der Waals surface area contributed by atoms with E-state index in [0.29, 0.717) is 11.3 Å². The van der Waals surface area contributed by atoms with Gasteiger partial charge >= 0.3 is 0 Å². The van der Waals surface area contributed by atoms with Crippen molar-refractivity contribution in [2.24, 2.45) is 0 Å². The molecule has 8 nitrogen and oxygen atoms in total. The van der Waals surface area contributed by atoms with Crippen LogP contribution in [0.5, 0.6) is 17.2 Å². The average molecular weight is 516 g/mol. The number of piperazine rings is 1. The maximum absolute atomic E-state index is 12.7. The summed E-state index contributed by atoms with van der Waals surface area (Å²) in [6.45, 7) is 7.18. The summed E-state index contributed by atoms with van der Waals surface area (Å²) in [7, 11) is 3.45.